The number of carbonyl (C=O) groups excluding carboxylic acids is 3. The summed E-state index contributed by atoms with van der Waals surface area (Å²) in [4.78, 5) is 33.4. The molecule has 0 heterocycles. The Morgan fingerprint density at radius 3 is 2.33 bits per heavy atom. The van der Waals surface area contributed by atoms with Crippen molar-refractivity contribution in [2.45, 2.75) is 33.7 Å². The van der Waals surface area contributed by atoms with Gasteiger partial charge in [0.05, 0.1) is 12.0 Å². The number of amides is 1. The molecule has 5 heteroatoms. The molecule has 5 nitrogen and oxygen atoms in total. The van der Waals surface area contributed by atoms with Gasteiger partial charge in [0.15, 0.2) is 0 Å². The molecule has 0 radical (unpaired) electrons. The Morgan fingerprint density at radius 1 is 1.33 bits per heavy atom. The van der Waals surface area contributed by atoms with Crippen LogP contribution in [-0.4, -0.2) is 30.8 Å². The maximum atomic E-state index is 11.6. The third kappa shape index (κ3) is 5.61. The average molecular weight is 255 g/mol. The monoisotopic (exact) mass is 255 g/mol. The average Bonchev–Trinajstić information content (AvgIpc) is 2.33. The van der Waals surface area contributed by atoms with Gasteiger partial charge < -0.3 is 14.8 Å². The molecule has 1 amide bonds. The minimum absolute atomic E-state index is 0.0772. The molecule has 0 aromatic rings. The summed E-state index contributed by atoms with van der Waals surface area (Å²) in [6, 6.07) is -0.295. The first-order valence-electron chi connectivity index (χ1n) is 5.87. The van der Waals surface area contributed by atoms with Gasteiger partial charge in [-0.05, 0) is 13.8 Å². The molecule has 3 unspecified atom stereocenters. The number of rotatable bonds is 7. The fourth-order valence-corrected chi connectivity index (χ4v) is 1.06. The summed E-state index contributed by atoms with van der Waals surface area (Å²) < 4.78 is 5.03. The highest BCUT2D eigenvalue weighted by atomic mass is 16.5. The van der Waals surface area contributed by atoms with E-state index in [4.69, 9.17) is 4.74 Å². The number of hydrogen-bond donors (Lipinski definition) is 1. The number of nitrogens with one attached hydrogen (secondary N) is 1. The second-order valence-electron chi connectivity index (χ2n) is 4.57. The van der Waals surface area contributed by atoms with Crippen molar-refractivity contribution in [2.24, 2.45) is 11.8 Å². The first kappa shape index (κ1) is 16.4. The van der Waals surface area contributed by atoms with E-state index in [0.717, 1.165) is 6.29 Å². The van der Waals surface area contributed by atoms with Crippen LogP contribution in [0.4, 0.5) is 0 Å². The normalized spacial score (nSPS) is 15.1. The zero-order chi connectivity index (χ0) is 14.3. The number of hydrogen-bond acceptors (Lipinski definition) is 4. The van der Waals surface area contributed by atoms with Gasteiger partial charge in [-0.25, -0.2) is 0 Å². The van der Waals surface area contributed by atoms with Crippen molar-refractivity contribution < 1.29 is 19.1 Å². The maximum absolute atomic E-state index is 11.6. The van der Waals surface area contributed by atoms with E-state index in [1.54, 1.807) is 27.7 Å². The van der Waals surface area contributed by atoms with Crippen LogP contribution in [0.1, 0.15) is 27.7 Å². The highest BCUT2D eigenvalue weighted by molar-refractivity contribution is 5.92. The summed E-state index contributed by atoms with van der Waals surface area (Å²) in [6.45, 7) is 10.2. The van der Waals surface area contributed by atoms with Crippen LogP contribution < -0.4 is 5.32 Å². The van der Waals surface area contributed by atoms with E-state index in [-0.39, 0.29) is 24.5 Å². The number of aldehydes is 1. The Labute approximate surface area is 108 Å². The van der Waals surface area contributed by atoms with Gasteiger partial charge in [0.1, 0.15) is 12.9 Å². The SMILES string of the molecule is C=C(C)C(=O)NC(C)COC(=O)C(C)C(C)C=O. The topological polar surface area (TPSA) is 72.5 Å². The van der Waals surface area contributed by atoms with E-state index < -0.39 is 11.9 Å². The van der Waals surface area contributed by atoms with Crippen LogP contribution in [0.2, 0.25) is 0 Å². The Balaban J connectivity index is 4.09. The van der Waals surface area contributed by atoms with Crippen LogP contribution in [0.3, 0.4) is 0 Å². The van der Waals surface area contributed by atoms with Crippen LogP contribution in [-0.2, 0) is 19.1 Å². The van der Waals surface area contributed by atoms with E-state index >= 15 is 0 Å². The fraction of sp³-hybridized carbons (Fsp3) is 0.615. The smallest absolute Gasteiger partial charge is 0.309 e. The zero-order valence-electron chi connectivity index (χ0n) is 11.4. The van der Waals surface area contributed by atoms with Crippen LogP contribution in [0.15, 0.2) is 12.2 Å². The summed E-state index contributed by atoms with van der Waals surface area (Å²) in [5.74, 6) is -1.57. The molecular formula is C13H21NO4. The van der Waals surface area contributed by atoms with Crippen molar-refractivity contribution in [3.8, 4) is 0 Å². The largest absolute Gasteiger partial charge is 0.463 e. The second kappa shape index (κ2) is 7.63. The van der Waals surface area contributed by atoms with E-state index in [1.165, 1.54) is 0 Å². The minimum Gasteiger partial charge on any atom is -0.463 e. The molecule has 0 saturated heterocycles. The third-order valence-electron chi connectivity index (χ3n) is 2.62. The molecule has 0 aliphatic rings. The van der Waals surface area contributed by atoms with E-state index in [0.29, 0.717) is 5.57 Å². The summed E-state index contributed by atoms with van der Waals surface area (Å²) >= 11 is 0. The molecule has 102 valence electrons. The molecule has 18 heavy (non-hydrogen) atoms. The van der Waals surface area contributed by atoms with Crippen LogP contribution >= 0.6 is 0 Å². The van der Waals surface area contributed by atoms with E-state index in [9.17, 15) is 14.4 Å². The van der Waals surface area contributed by atoms with Crippen molar-refractivity contribution in [3.05, 3.63) is 12.2 Å². The Morgan fingerprint density at radius 2 is 1.89 bits per heavy atom. The summed E-state index contributed by atoms with van der Waals surface area (Å²) in [5, 5.41) is 2.63. The molecule has 0 aromatic heterocycles. The van der Waals surface area contributed by atoms with Crippen molar-refractivity contribution >= 4 is 18.2 Å². The van der Waals surface area contributed by atoms with Gasteiger partial charge >= 0.3 is 5.97 Å². The molecular weight excluding hydrogens is 234 g/mol. The lowest BCUT2D eigenvalue weighted by Gasteiger charge is -2.17. The minimum atomic E-state index is -0.480. The van der Waals surface area contributed by atoms with Gasteiger partial charge in [-0.2, -0.15) is 0 Å². The predicted molar refractivity (Wildman–Crippen MR) is 67.8 cm³/mol. The quantitative estimate of drug-likeness (QED) is 0.420. The van der Waals surface area contributed by atoms with Gasteiger partial charge in [0, 0.05) is 11.5 Å². The Hall–Kier alpha value is -1.65. The van der Waals surface area contributed by atoms with E-state index in [1.807, 2.05) is 0 Å². The molecule has 0 aliphatic carbocycles. The fourth-order valence-electron chi connectivity index (χ4n) is 1.06. The first-order chi connectivity index (χ1) is 8.29. The molecule has 0 saturated carbocycles. The number of ether oxygens (including phenoxy) is 1. The molecule has 0 aromatic carbocycles. The van der Waals surface area contributed by atoms with Gasteiger partial charge in [-0.15, -0.1) is 0 Å². The molecule has 0 fully saturated rings. The second-order valence-corrected chi connectivity index (χ2v) is 4.57. The van der Waals surface area contributed by atoms with Gasteiger partial charge in [-0.1, -0.05) is 20.4 Å². The van der Waals surface area contributed by atoms with Gasteiger partial charge in [0.2, 0.25) is 5.91 Å². The maximum Gasteiger partial charge on any atom is 0.309 e. The summed E-state index contributed by atoms with van der Waals surface area (Å²) in [7, 11) is 0. The number of carbonyl (C=O) groups is 3. The number of esters is 1. The van der Waals surface area contributed by atoms with Crippen LogP contribution in [0.25, 0.3) is 0 Å². The van der Waals surface area contributed by atoms with Crippen molar-refractivity contribution in [1.29, 1.82) is 0 Å². The third-order valence-corrected chi connectivity index (χ3v) is 2.62. The molecule has 0 spiro atoms. The lowest BCUT2D eigenvalue weighted by Crippen LogP contribution is -2.37. The highest BCUT2D eigenvalue weighted by Crippen LogP contribution is 2.10. The Bertz CT molecular complexity index is 338. The summed E-state index contributed by atoms with van der Waals surface area (Å²) in [5.41, 5.74) is 0.399. The predicted octanol–water partition coefficient (Wildman–Crippen LogP) is 1.08. The van der Waals surface area contributed by atoms with Crippen molar-refractivity contribution in [2.75, 3.05) is 6.61 Å². The van der Waals surface area contributed by atoms with Crippen molar-refractivity contribution in [3.63, 3.8) is 0 Å². The van der Waals surface area contributed by atoms with Crippen LogP contribution in [0, 0.1) is 11.8 Å². The molecule has 0 aliphatic heterocycles. The lowest BCUT2D eigenvalue weighted by atomic mass is 9.98. The molecule has 0 bridgehead atoms. The lowest BCUT2D eigenvalue weighted by molar-refractivity contribution is -0.151. The zero-order valence-corrected chi connectivity index (χ0v) is 11.4. The molecule has 3 atom stereocenters. The standard InChI is InChI=1S/C13H21NO4/c1-8(2)12(16)14-10(4)7-18-13(17)11(5)9(3)6-15/h6,9-11H,1,7H2,2-5H3,(H,14,16). The Kier molecular flexibility index (Phi) is 6.93. The van der Waals surface area contributed by atoms with Crippen molar-refractivity contribution in [1.82, 2.24) is 5.32 Å². The highest BCUT2D eigenvalue weighted by Gasteiger charge is 2.21. The van der Waals surface area contributed by atoms with E-state index in [2.05, 4.69) is 11.9 Å². The van der Waals surface area contributed by atoms with Gasteiger partial charge in [-0.3, -0.25) is 9.59 Å². The molecule has 0 rings (SSSR count). The summed E-state index contributed by atoms with van der Waals surface area (Å²) in [6.07, 6.45) is 0.720. The van der Waals surface area contributed by atoms with Gasteiger partial charge in [0.25, 0.3) is 0 Å². The van der Waals surface area contributed by atoms with Crippen LogP contribution in [0.5, 0.6) is 0 Å². The molecule has 1 N–H and O–H groups in total. The first-order valence-corrected chi connectivity index (χ1v) is 5.87.